The maximum atomic E-state index is 5.66. The zero-order valence-corrected chi connectivity index (χ0v) is 13.7. The fourth-order valence-corrected chi connectivity index (χ4v) is 2.98. The molecule has 1 fully saturated rings. The number of hydrogen-bond acceptors (Lipinski definition) is 4. The van der Waals surface area contributed by atoms with E-state index in [0.29, 0.717) is 6.61 Å². The Morgan fingerprint density at radius 1 is 0.800 bits per heavy atom. The normalized spacial score (nSPS) is 24.6. The average molecular weight is 288 g/mol. The van der Waals surface area contributed by atoms with Crippen LogP contribution in [0.4, 0.5) is 0 Å². The Balaban J connectivity index is 2.19. The van der Waals surface area contributed by atoms with Gasteiger partial charge in [-0.3, -0.25) is 0 Å². The minimum Gasteiger partial charge on any atom is -0.367 e. The van der Waals surface area contributed by atoms with E-state index in [1.165, 1.54) is 44.9 Å². The van der Waals surface area contributed by atoms with Gasteiger partial charge in [-0.05, 0) is 6.42 Å². The molecule has 0 radical (unpaired) electrons. The van der Waals surface area contributed by atoms with E-state index in [0.717, 1.165) is 12.8 Å². The molecule has 0 aromatic carbocycles. The Kier molecular flexibility index (Phi) is 8.03. The second-order valence-corrected chi connectivity index (χ2v) is 5.68. The lowest BCUT2D eigenvalue weighted by atomic mass is 9.89. The third kappa shape index (κ3) is 3.94. The highest BCUT2D eigenvalue weighted by molar-refractivity contribution is 4.98. The van der Waals surface area contributed by atoms with Gasteiger partial charge in [0.25, 0.3) is 0 Å². The van der Waals surface area contributed by atoms with Crippen molar-refractivity contribution >= 4 is 0 Å². The van der Waals surface area contributed by atoms with Crippen LogP contribution in [0.3, 0.4) is 0 Å². The van der Waals surface area contributed by atoms with Crippen LogP contribution < -0.4 is 0 Å². The lowest BCUT2D eigenvalue weighted by Gasteiger charge is -2.54. The van der Waals surface area contributed by atoms with Gasteiger partial charge in [-0.25, -0.2) is 0 Å². The summed E-state index contributed by atoms with van der Waals surface area (Å²) < 4.78 is 21.9. The lowest BCUT2D eigenvalue weighted by Crippen LogP contribution is -2.71. The van der Waals surface area contributed by atoms with Gasteiger partial charge in [-0.2, -0.15) is 0 Å². The molecule has 1 rings (SSSR count). The van der Waals surface area contributed by atoms with Crippen LogP contribution in [-0.4, -0.2) is 39.5 Å². The highest BCUT2D eigenvalue weighted by atomic mass is 16.9. The molecule has 0 aromatic rings. The summed E-state index contributed by atoms with van der Waals surface area (Å²) in [6.45, 7) is 2.80. The highest BCUT2D eigenvalue weighted by Gasteiger charge is 2.63. The van der Waals surface area contributed by atoms with Crippen molar-refractivity contribution in [1.82, 2.24) is 0 Å². The summed E-state index contributed by atoms with van der Waals surface area (Å²) in [5.41, 5.74) is -0.446. The molecule has 0 spiro atoms. The second-order valence-electron chi connectivity index (χ2n) is 5.68. The topological polar surface area (TPSA) is 36.9 Å². The Hall–Kier alpha value is -0.160. The van der Waals surface area contributed by atoms with Gasteiger partial charge >= 0.3 is 5.97 Å². The van der Waals surface area contributed by atoms with Crippen LogP contribution in [0, 0.1) is 0 Å². The number of ether oxygens (including phenoxy) is 4. The van der Waals surface area contributed by atoms with Crippen molar-refractivity contribution in [3.63, 3.8) is 0 Å². The van der Waals surface area contributed by atoms with Gasteiger partial charge in [-0.1, -0.05) is 58.3 Å². The minimum atomic E-state index is -1.01. The number of unbranched alkanes of at least 4 members (excludes halogenated alkanes) is 7. The number of hydrogen-bond donors (Lipinski definition) is 0. The predicted octanol–water partition coefficient (Wildman–Crippen LogP) is 3.88. The fourth-order valence-electron chi connectivity index (χ4n) is 2.98. The highest BCUT2D eigenvalue weighted by Crippen LogP contribution is 2.44. The van der Waals surface area contributed by atoms with Crippen molar-refractivity contribution in [2.45, 2.75) is 76.3 Å². The van der Waals surface area contributed by atoms with Gasteiger partial charge < -0.3 is 18.9 Å². The number of methoxy groups -OCH3 is 3. The molecule has 0 aliphatic carbocycles. The zero-order valence-electron chi connectivity index (χ0n) is 13.7. The van der Waals surface area contributed by atoms with Crippen LogP contribution in [0.5, 0.6) is 0 Å². The SMILES string of the molecule is CCCCCCCCCCC1(OC)COC1(OC)OC. The van der Waals surface area contributed by atoms with Crippen molar-refractivity contribution in [2.24, 2.45) is 0 Å². The quantitative estimate of drug-likeness (QED) is 0.403. The summed E-state index contributed by atoms with van der Waals surface area (Å²) in [6.07, 6.45) is 11.4. The molecule has 0 bridgehead atoms. The van der Waals surface area contributed by atoms with Crippen molar-refractivity contribution in [2.75, 3.05) is 27.9 Å². The van der Waals surface area contributed by atoms with E-state index in [-0.39, 0.29) is 0 Å². The second kappa shape index (κ2) is 8.98. The fraction of sp³-hybridized carbons (Fsp3) is 1.00. The molecular weight excluding hydrogens is 256 g/mol. The average Bonchev–Trinajstić information content (AvgIpc) is 2.46. The van der Waals surface area contributed by atoms with E-state index in [9.17, 15) is 0 Å². The summed E-state index contributed by atoms with van der Waals surface area (Å²) in [5, 5.41) is 0. The molecule has 20 heavy (non-hydrogen) atoms. The van der Waals surface area contributed by atoms with E-state index in [4.69, 9.17) is 18.9 Å². The Labute approximate surface area is 124 Å². The Bertz CT molecular complexity index is 243. The Morgan fingerprint density at radius 2 is 1.35 bits per heavy atom. The molecule has 0 amide bonds. The predicted molar refractivity (Wildman–Crippen MR) is 79.7 cm³/mol. The summed E-state index contributed by atoms with van der Waals surface area (Å²) >= 11 is 0. The van der Waals surface area contributed by atoms with Crippen LogP contribution in [0.1, 0.15) is 64.7 Å². The molecule has 120 valence electrons. The van der Waals surface area contributed by atoms with Crippen LogP contribution in [0.15, 0.2) is 0 Å². The van der Waals surface area contributed by atoms with Crippen LogP contribution in [0.2, 0.25) is 0 Å². The van der Waals surface area contributed by atoms with Crippen molar-refractivity contribution in [3.05, 3.63) is 0 Å². The molecule has 0 aromatic heterocycles. The lowest BCUT2D eigenvalue weighted by molar-refractivity contribution is -0.505. The van der Waals surface area contributed by atoms with Crippen LogP contribution in [0.25, 0.3) is 0 Å². The molecule has 1 unspecified atom stereocenters. The summed E-state index contributed by atoms with van der Waals surface area (Å²) in [5.74, 6) is -1.01. The maximum absolute atomic E-state index is 5.66. The molecule has 0 saturated carbocycles. The van der Waals surface area contributed by atoms with Crippen molar-refractivity contribution in [3.8, 4) is 0 Å². The van der Waals surface area contributed by atoms with Crippen LogP contribution in [-0.2, 0) is 18.9 Å². The maximum Gasteiger partial charge on any atom is 0.315 e. The first-order valence-corrected chi connectivity index (χ1v) is 7.99. The summed E-state index contributed by atoms with van der Waals surface area (Å²) in [7, 11) is 4.91. The van der Waals surface area contributed by atoms with Gasteiger partial charge in [0.05, 0.1) is 6.61 Å². The van der Waals surface area contributed by atoms with E-state index in [2.05, 4.69) is 6.92 Å². The standard InChI is InChI=1S/C16H32O4/c1-5-6-7-8-9-10-11-12-13-15(17-2)14-20-16(15,18-3)19-4/h5-14H2,1-4H3. The van der Waals surface area contributed by atoms with Gasteiger partial charge in [0.1, 0.15) is 0 Å². The molecule has 1 atom stereocenters. The molecule has 4 heteroatoms. The third-order valence-electron chi connectivity index (χ3n) is 4.42. The first-order chi connectivity index (χ1) is 9.70. The van der Waals surface area contributed by atoms with Gasteiger partial charge in [0.2, 0.25) is 0 Å². The Morgan fingerprint density at radius 3 is 1.75 bits per heavy atom. The van der Waals surface area contributed by atoms with Crippen molar-refractivity contribution in [1.29, 1.82) is 0 Å². The smallest absolute Gasteiger partial charge is 0.315 e. The molecular formula is C16H32O4. The zero-order chi connectivity index (χ0) is 14.9. The van der Waals surface area contributed by atoms with E-state index in [1.807, 2.05) is 0 Å². The largest absolute Gasteiger partial charge is 0.367 e. The van der Waals surface area contributed by atoms with Gasteiger partial charge in [-0.15, -0.1) is 0 Å². The van der Waals surface area contributed by atoms with E-state index in [1.54, 1.807) is 21.3 Å². The van der Waals surface area contributed by atoms with Crippen LogP contribution >= 0.6 is 0 Å². The first kappa shape index (κ1) is 17.9. The molecule has 1 aliphatic rings. The number of rotatable bonds is 12. The van der Waals surface area contributed by atoms with Crippen molar-refractivity contribution < 1.29 is 18.9 Å². The minimum absolute atomic E-state index is 0.446. The molecule has 1 aliphatic heterocycles. The summed E-state index contributed by atoms with van der Waals surface area (Å²) in [4.78, 5) is 0. The summed E-state index contributed by atoms with van der Waals surface area (Å²) in [6, 6.07) is 0. The van der Waals surface area contributed by atoms with Gasteiger partial charge in [0, 0.05) is 21.3 Å². The third-order valence-corrected chi connectivity index (χ3v) is 4.42. The molecule has 4 nitrogen and oxygen atoms in total. The molecule has 1 saturated heterocycles. The monoisotopic (exact) mass is 288 g/mol. The molecule has 0 N–H and O–H groups in total. The van der Waals surface area contributed by atoms with Gasteiger partial charge in [0.15, 0.2) is 5.60 Å². The first-order valence-electron chi connectivity index (χ1n) is 7.99. The van der Waals surface area contributed by atoms with E-state index >= 15 is 0 Å². The van der Waals surface area contributed by atoms with E-state index < -0.39 is 11.6 Å². The molecule has 1 heterocycles.